The van der Waals surface area contributed by atoms with Crippen LogP contribution in [0.2, 0.25) is 0 Å². The van der Waals surface area contributed by atoms with Crippen LogP contribution in [-0.2, 0) is 4.79 Å². The first-order chi connectivity index (χ1) is 11.8. The molecule has 1 saturated heterocycles. The van der Waals surface area contributed by atoms with Gasteiger partial charge < -0.3 is 14.2 Å². The van der Waals surface area contributed by atoms with Crippen molar-refractivity contribution >= 4 is 17.2 Å². The molecule has 0 spiro atoms. The Hall–Kier alpha value is -2.11. The van der Waals surface area contributed by atoms with Crippen LogP contribution in [0.25, 0.3) is 5.52 Å². The van der Waals surface area contributed by atoms with Gasteiger partial charge >= 0.3 is 0 Å². The van der Waals surface area contributed by atoms with E-state index in [1.807, 2.05) is 27.9 Å². The van der Waals surface area contributed by atoms with Crippen LogP contribution in [0.1, 0.15) is 38.5 Å². The quantitative estimate of drug-likeness (QED) is 0.868. The molecule has 0 N–H and O–H groups in total. The Bertz CT molecular complexity index is 698. The van der Waals surface area contributed by atoms with E-state index in [1.165, 1.54) is 32.1 Å². The summed E-state index contributed by atoms with van der Waals surface area (Å²) < 4.78 is 1.99. The number of anilines is 1. The Morgan fingerprint density at radius 2 is 1.92 bits per heavy atom. The highest BCUT2D eigenvalue weighted by Gasteiger charge is 2.25. The minimum absolute atomic E-state index is 0.345. The maximum absolute atomic E-state index is 12.6. The van der Waals surface area contributed by atoms with E-state index in [1.54, 1.807) is 6.33 Å². The Labute approximate surface area is 142 Å². The molecular weight excluding hydrogens is 302 g/mol. The molecule has 0 atom stereocenters. The van der Waals surface area contributed by atoms with Crippen molar-refractivity contribution < 1.29 is 4.79 Å². The molecule has 2 aromatic heterocycles. The SMILES string of the molecule is O=C(CC1CCCCC1)N1CCN(c2nccn3cncc23)CC1. The van der Waals surface area contributed by atoms with E-state index in [2.05, 4.69) is 14.9 Å². The summed E-state index contributed by atoms with van der Waals surface area (Å²) in [5.41, 5.74) is 1.03. The molecule has 128 valence electrons. The van der Waals surface area contributed by atoms with Gasteiger partial charge in [0.2, 0.25) is 5.91 Å². The third-order valence-electron chi connectivity index (χ3n) is 5.44. The van der Waals surface area contributed by atoms with Crippen LogP contribution in [0.5, 0.6) is 0 Å². The normalized spacial score (nSPS) is 19.8. The lowest BCUT2D eigenvalue weighted by molar-refractivity contribution is -0.132. The molecule has 0 unspecified atom stereocenters. The van der Waals surface area contributed by atoms with Crippen LogP contribution < -0.4 is 4.90 Å². The molecule has 1 aliphatic heterocycles. The van der Waals surface area contributed by atoms with Gasteiger partial charge in [-0.25, -0.2) is 9.97 Å². The first-order valence-corrected chi connectivity index (χ1v) is 9.10. The molecule has 2 aliphatic rings. The van der Waals surface area contributed by atoms with Crippen molar-refractivity contribution in [2.45, 2.75) is 38.5 Å². The van der Waals surface area contributed by atoms with Crippen LogP contribution in [0, 0.1) is 5.92 Å². The van der Waals surface area contributed by atoms with Crippen LogP contribution in [0.3, 0.4) is 0 Å². The number of imidazole rings is 1. The standard InChI is InChI=1S/C18H25N5O/c24-17(12-15-4-2-1-3-5-15)21-8-10-22(11-9-21)18-16-13-19-14-23(16)7-6-20-18/h6-7,13-15H,1-5,8-12H2. The lowest BCUT2D eigenvalue weighted by atomic mass is 9.86. The van der Waals surface area contributed by atoms with Gasteiger partial charge in [-0.15, -0.1) is 0 Å². The minimum atomic E-state index is 0.345. The first kappa shape index (κ1) is 15.4. The zero-order chi connectivity index (χ0) is 16.4. The van der Waals surface area contributed by atoms with Crippen molar-refractivity contribution in [1.29, 1.82) is 0 Å². The number of rotatable bonds is 3. The fourth-order valence-corrected chi connectivity index (χ4v) is 4.02. The van der Waals surface area contributed by atoms with E-state index >= 15 is 0 Å². The highest BCUT2D eigenvalue weighted by atomic mass is 16.2. The zero-order valence-electron chi connectivity index (χ0n) is 14.1. The summed E-state index contributed by atoms with van der Waals surface area (Å²) in [6, 6.07) is 0. The molecule has 1 aliphatic carbocycles. The van der Waals surface area contributed by atoms with E-state index in [0.717, 1.165) is 43.9 Å². The Morgan fingerprint density at radius 3 is 2.71 bits per heavy atom. The molecule has 0 aromatic carbocycles. The summed E-state index contributed by atoms with van der Waals surface area (Å²) in [6.07, 6.45) is 14.5. The average molecular weight is 327 g/mol. The summed E-state index contributed by atoms with van der Waals surface area (Å²) >= 11 is 0. The molecule has 24 heavy (non-hydrogen) atoms. The molecule has 6 nitrogen and oxygen atoms in total. The van der Waals surface area contributed by atoms with Crippen LogP contribution in [-0.4, -0.2) is 51.4 Å². The fourth-order valence-electron chi connectivity index (χ4n) is 4.02. The number of hydrogen-bond acceptors (Lipinski definition) is 4. The second-order valence-electron chi connectivity index (χ2n) is 7.01. The molecule has 0 bridgehead atoms. The first-order valence-electron chi connectivity index (χ1n) is 9.10. The summed E-state index contributed by atoms with van der Waals surface area (Å²) in [5.74, 6) is 1.93. The van der Waals surface area contributed by atoms with Gasteiger partial charge in [-0.1, -0.05) is 19.3 Å². The van der Waals surface area contributed by atoms with Gasteiger partial charge in [0.1, 0.15) is 5.52 Å². The van der Waals surface area contributed by atoms with E-state index in [4.69, 9.17) is 0 Å². The Morgan fingerprint density at radius 1 is 1.12 bits per heavy atom. The lowest BCUT2D eigenvalue weighted by Crippen LogP contribution is -2.49. The predicted molar refractivity (Wildman–Crippen MR) is 93.0 cm³/mol. The number of piperazine rings is 1. The molecule has 1 amide bonds. The lowest BCUT2D eigenvalue weighted by Gasteiger charge is -2.36. The maximum Gasteiger partial charge on any atom is 0.222 e. The van der Waals surface area contributed by atoms with Gasteiger partial charge in [-0.2, -0.15) is 0 Å². The Kier molecular flexibility index (Phi) is 4.36. The molecule has 3 heterocycles. The van der Waals surface area contributed by atoms with Crippen molar-refractivity contribution in [3.05, 3.63) is 24.9 Å². The topological polar surface area (TPSA) is 53.7 Å². The van der Waals surface area contributed by atoms with Crippen molar-refractivity contribution in [1.82, 2.24) is 19.3 Å². The number of nitrogens with zero attached hydrogens (tertiary/aromatic N) is 5. The molecule has 4 rings (SSSR count). The third-order valence-corrected chi connectivity index (χ3v) is 5.44. The molecule has 0 radical (unpaired) electrons. The number of aromatic nitrogens is 3. The largest absolute Gasteiger partial charge is 0.351 e. The maximum atomic E-state index is 12.6. The molecule has 2 aromatic rings. The summed E-state index contributed by atoms with van der Waals surface area (Å²) in [7, 11) is 0. The van der Waals surface area contributed by atoms with Crippen molar-refractivity contribution in [3.63, 3.8) is 0 Å². The van der Waals surface area contributed by atoms with Gasteiger partial charge in [0, 0.05) is 45.0 Å². The van der Waals surface area contributed by atoms with Crippen LogP contribution in [0.4, 0.5) is 5.82 Å². The summed E-state index contributed by atoms with van der Waals surface area (Å²) in [6.45, 7) is 3.27. The number of hydrogen-bond donors (Lipinski definition) is 0. The van der Waals surface area contributed by atoms with E-state index in [0.29, 0.717) is 11.8 Å². The van der Waals surface area contributed by atoms with Gasteiger partial charge in [-0.3, -0.25) is 4.79 Å². The van der Waals surface area contributed by atoms with Gasteiger partial charge in [-0.05, 0) is 18.8 Å². The fraction of sp³-hybridized carbons (Fsp3) is 0.611. The van der Waals surface area contributed by atoms with Crippen molar-refractivity contribution in [3.8, 4) is 0 Å². The van der Waals surface area contributed by atoms with E-state index < -0.39 is 0 Å². The van der Waals surface area contributed by atoms with Crippen molar-refractivity contribution in [2.75, 3.05) is 31.1 Å². The predicted octanol–water partition coefficient (Wildman–Crippen LogP) is 2.35. The molecular formula is C18H25N5O. The third kappa shape index (κ3) is 3.09. The highest BCUT2D eigenvalue weighted by Crippen LogP contribution is 2.27. The molecule has 2 fully saturated rings. The minimum Gasteiger partial charge on any atom is -0.351 e. The van der Waals surface area contributed by atoms with E-state index in [9.17, 15) is 4.79 Å². The average Bonchev–Trinajstić information content (AvgIpc) is 3.11. The van der Waals surface area contributed by atoms with Gasteiger partial charge in [0.15, 0.2) is 5.82 Å². The molecule has 6 heteroatoms. The molecule has 1 saturated carbocycles. The second-order valence-corrected chi connectivity index (χ2v) is 7.01. The number of carbonyl (C=O) groups is 1. The van der Waals surface area contributed by atoms with Gasteiger partial charge in [0.05, 0.1) is 12.5 Å². The highest BCUT2D eigenvalue weighted by molar-refractivity contribution is 5.77. The summed E-state index contributed by atoms with van der Waals surface area (Å²) in [5, 5.41) is 0. The number of amides is 1. The number of carbonyl (C=O) groups excluding carboxylic acids is 1. The summed E-state index contributed by atoms with van der Waals surface area (Å²) in [4.78, 5) is 25.6. The second kappa shape index (κ2) is 6.79. The zero-order valence-corrected chi connectivity index (χ0v) is 14.1. The van der Waals surface area contributed by atoms with Crippen LogP contribution in [0.15, 0.2) is 24.9 Å². The number of fused-ring (bicyclic) bond motifs is 1. The van der Waals surface area contributed by atoms with Crippen molar-refractivity contribution in [2.24, 2.45) is 5.92 Å². The smallest absolute Gasteiger partial charge is 0.222 e. The Balaban J connectivity index is 1.36. The van der Waals surface area contributed by atoms with Gasteiger partial charge in [0.25, 0.3) is 0 Å². The monoisotopic (exact) mass is 327 g/mol. The van der Waals surface area contributed by atoms with E-state index in [-0.39, 0.29) is 0 Å². The van der Waals surface area contributed by atoms with Crippen LogP contribution >= 0.6 is 0 Å².